The summed E-state index contributed by atoms with van der Waals surface area (Å²) in [6.45, 7) is 4.34. The molecule has 1 aliphatic heterocycles. The highest BCUT2D eigenvalue weighted by Gasteiger charge is 2.36. The number of hydrogen-bond acceptors (Lipinski definition) is 6. The van der Waals surface area contributed by atoms with Gasteiger partial charge in [0.15, 0.2) is 11.5 Å². The van der Waals surface area contributed by atoms with E-state index in [4.69, 9.17) is 18.9 Å². The number of rotatable bonds is 13. The van der Waals surface area contributed by atoms with Gasteiger partial charge in [0.05, 0.1) is 13.2 Å². The maximum absolute atomic E-state index is 13.0. The summed E-state index contributed by atoms with van der Waals surface area (Å²) in [6, 6.07) is 16.5. The van der Waals surface area contributed by atoms with Crippen LogP contribution in [0.5, 0.6) is 11.5 Å². The van der Waals surface area contributed by atoms with E-state index in [1.54, 1.807) is 7.11 Å². The lowest BCUT2D eigenvalue weighted by Gasteiger charge is -2.30. The molecule has 0 radical (unpaired) electrons. The van der Waals surface area contributed by atoms with Crippen molar-refractivity contribution >= 4 is 5.91 Å². The van der Waals surface area contributed by atoms with Crippen molar-refractivity contribution < 1.29 is 23.7 Å². The number of hydrogen-bond donors (Lipinski definition) is 1. The molecule has 0 unspecified atom stereocenters. The van der Waals surface area contributed by atoms with Crippen LogP contribution in [0, 0.1) is 0 Å². The van der Waals surface area contributed by atoms with Gasteiger partial charge in [0.25, 0.3) is 5.91 Å². The van der Waals surface area contributed by atoms with Gasteiger partial charge in [-0.2, -0.15) is 0 Å². The molecule has 1 saturated heterocycles. The highest BCUT2D eigenvalue weighted by molar-refractivity contribution is 5.82. The van der Waals surface area contributed by atoms with Gasteiger partial charge in [-0.3, -0.25) is 4.79 Å². The lowest BCUT2D eigenvalue weighted by atomic mass is 10.1. The van der Waals surface area contributed by atoms with Gasteiger partial charge in [-0.05, 0) is 42.5 Å². The predicted octanol–water partition coefficient (Wildman–Crippen LogP) is 3.20. The van der Waals surface area contributed by atoms with Crippen LogP contribution in [0.4, 0.5) is 0 Å². The molecule has 1 aliphatic carbocycles. The van der Waals surface area contributed by atoms with Gasteiger partial charge in [-0.15, -0.1) is 0 Å². The van der Waals surface area contributed by atoms with Crippen LogP contribution in [0.3, 0.4) is 0 Å². The Balaban J connectivity index is 1.40. The molecule has 2 fully saturated rings. The molecule has 2 aliphatic rings. The first-order valence-corrected chi connectivity index (χ1v) is 12.3. The lowest BCUT2D eigenvalue weighted by molar-refractivity contribution is -0.145. The van der Waals surface area contributed by atoms with Crippen LogP contribution in [-0.4, -0.2) is 69.5 Å². The third-order valence-electron chi connectivity index (χ3n) is 6.11. The van der Waals surface area contributed by atoms with Crippen LogP contribution >= 0.6 is 0 Å². The Kier molecular flexibility index (Phi) is 9.19. The Morgan fingerprint density at radius 1 is 1.06 bits per heavy atom. The number of methoxy groups -OCH3 is 1. The maximum atomic E-state index is 13.0. The number of benzene rings is 2. The van der Waals surface area contributed by atoms with Crippen LogP contribution in [-0.2, 0) is 27.3 Å². The van der Waals surface area contributed by atoms with Gasteiger partial charge >= 0.3 is 0 Å². The summed E-state index contributed by atoms with van der Waals surface area (Å²) in [5, 5.41) is 3.26. The zero-order valence-electron chi connectivity index (χ0n) is 20.0. The fraction of sp³-hybridized carbons (Fsp3) is 0.519. The van der Waals surface area contributed by atoms with Crippen molar-refractivity contribution in [2.45, 2.75) is 44.4 Å². The zero-order chi connectivity index (χ0) is 23.6. The van der Waals surface area contributed by atoms with E-state index in [-0.39, 0.29) is 12.0 Å². The van der Waals surface area contributed by atoms with Crippen molar-refractivity contribution in [1.82, 2.24) is 10.2 Å². The first-order chi connectivity index (χ1) is 16.7. The molecule has 1 atom stereocenters. The molecule has 0 bridgehead atoms. The summed E-state index contributed by atoms with van der Waals surface area (Å²) in [7, 11) is 1.69. The summed E-state index contributed by atoms with van der Waals surface area (Å²) < 4.78 is 23.0. The number of amides is 1. The van der Waals surface area contributed by atoms with Gasteiger partial charge < -0.3 is 29.2 Å². The van der Waals surface area contributed by atoms with Crippen LogP contribution in [0.15, 0.2) is 48.5 Å². The number of carbonyl (C=O) groups excluding carboxylic acids is 1. The largest absolute Gasteiger partial charge is 0.490 e. The number of nitrogens with zero attached hydrogens (tertiary/aromatic N) is 1. The van der Waals surface area contributed by atoms with E-state index in [9.17, 15) is 4.79 Å². The first kappa shape index (κ1) is 24.5. The Hall–Kier alpha value is -2.61. The molecular formula is C27H36N2O5. The normalized spacial score (nSPS) is 17.9. The predicted molar refractivity (Wildman–Crippen MR) is 130 cm³/mol. The number of morpholine rings is 1. The van der Waals surface area contributed by atoms with E-state index in [1.165, 1.54) is 0 Å². The molecule has 1 amide bonds. The maximum Gasteiger partial charge on any atom is 0.253 e. The summed E-state index contributed by atoms with van der Waals surface area (Å²) >= 11 is 0. The molecule has 0 spiro atoms. The van der Waals surface area contributed by atoms with Gasteiger partial charge in [-0.25, -0.2) is 0 Å². The molecular weight excluding hydrogens is 432 g/mol. The van der Waals surface area contributed by atoms with Crippen LogP contribution in [0.2, 0.25) is 0 Å². The average Bonchev–Trinajstić information content (AvgIpc) is 3.72. The van der Waals surface area contributed by atoms with Gasteiger partial charge in [0.1, 0.15) is 12.7 Å². The SMILES string of the molecule is COCCCOc1cc(CCN(C(=O)[C@H]2CNCCO2)C2CC2)ccc1OCc1ccccc1. The summed E-state index contributed by atoms with van der Waals surface area (Å²) in [5.74, 6) is 1.56. The molecule has 4 rings (SSSR count). The Bertz CT molecular complexity index is 897. The standard InChI is InChI=1S/C27H36N2O5/c1-31-15-5-16-32-25-18-21(8-11-24(25)34-20-22-6-3-2-4-7-22)12-14-29(23-9-10-23)27(30)26-19-28-13-17-33-26/h2-4,6-8,11,18,23,26,28H,5,9-10,12-17,19-20H2,1H3/t26-/m1/s1. The quantitative estimate of drug-likeness (QED) is 0.456. The molecule has 1 N–H and O–H groups in total. The Morgan fingerprint density at radius 3 is 2.65 bits per heavy atom. The highest BCUT2D eigenvalue weighted by Crippen LogP contribution is 2.31. The summed E-state index contributed by atoms with van der Waals surface area (Å²) in [4.78, 5) is 15.1. The highest BCUT2D eigenvalue weighted by atomic mass is 16.5. The Morgan fingerprint density at radius 2 is 1.91 bits per heavy atom. The van der Waals surface area contributed by atoms with Gasteiger partial charge in [-0.1, -0.05) is 36.4 Å². The van der Waals surface area contributed by atoms with E-state index in [0.29, 0.717) is 45.6 Å². The third-order valence-corrected chi connectivity index (χ3v) is 6.11. The molecule has 2 aromatic carbocycles. The minimum absolute atomic E-state index is 0.105. The first-order valence-electron chi connectivity index (χ1n) is 12.3. The summed E-state index contributed by atoms with van der Waals surface area (Å²) in [5.41, 5.74) is 2.23. The van der Waals surface area contributed by atoms with Crippen molar-refractivity contribution in [3.63, 3.8) is 0 Å². The minimum Gasteiger partial charge on any atom is -0.490 e. The molecule has 0 aromatic heterocycles. The number of carbonyl (C=O) groups is 1. The second kappa shape index (κ2) is 12.7. The van der Waals surface area contributed by atoms with E-state index in [2.05, 4.69) is 11.4 Å². The lowest BCUT2D eigenvalue weighted by Crippen LogP contribution is -2.50. The van der Waals surface area contributed by atoms with E-state index in [0.717, 1.165) is 54.9 Å². The fourth-order valence-electron chi connectivity index (χ4n) is 4.08. The second-order valence-electron chi connectivity index (χ2n) is 8.83. The van der Waals surface area contributed by atoms with Gasteiger partial charge in [0, 0.05) is 45.8 Å². The average molecular weight is 469 g/mol. The fourth-order valence-corrected chi connectivity index (χ4v) is 4.08. The molecule has 1 saturated carbocycles. The van der Waals surface area contributed by atoms with Crippen LogP contribution in [0.1, 0.15) is 30.4 Å². The minimum atomic E-state index is -0.372. The molecule has 2 aromatic rings. The second-order valence-corrected chi connectivity index (χ2v) is 8.83. The van der Waals surface area contributed by atoms with Crippen LogP contribution in [0.25, 0.3) is 0 Å². The zero-order valence-corrected chi connectivity index (χ0v) is 20.0. The van der Waals surface area contributed by atoms with E-state index >= 15 is 0 Å². The van der Waals surface area contributed by atoms with Crippen molar-refractivity contribution in [2.75, 3.05) is 46.6 Å². The number of nitrogens with one attached hydrogen (secondary N) is 1. The van der Waals surface area contributed by atoms with Crippen molar-refractivity contribution in [3.05, 3.63) is 59.7 Å². The van der Waals surface area contributed by atoms with Crippen molar-refractivity contribution in [3.8, 4) is 11.5 Å². The van der Waals surface area contributed by atoms with E-state index in [1.807, 2.05) is 47.4 Å². The monoisotopic (exact) mass is 468 g/mol. The summed E-state index contributed by atoms with van der Waals surface area (Å²) in [6.07, 6.45) is 3.34. The molecule has 7 heteroatoms. The Labute approximate surface area is 202 Å². The van der Waals surface area contributed by atoms with Crippen molar-refractivity contribution in [1.29, 1.82) is 0 Å². The molecule has 1 heterocycles. The third kappa shape index (κ3) is 7.19. The number of ether oxygens (including phenoxy) is 4. The van der Waals surface area contributed by atoms with Gasteiger partial charge in [0.2, 0.25) is 0 Å². The smallest absolute Gasteiger partial charge is 0.253 e. The molecule has 184 valence electrons. The van der Waals surface area contributed by atoms with Crippen molar-refractivity contribution in [2.24, 2.45) is 0 Å². The van der Waals surface area contributed by atoms with Crippen LogP contribution < -0.4 is 14.8 Å². The van der Waals surface area contributed by atoms with E-state index < -0.39 is 0 Å². The molecule has 34 heavy (non-hydrogen) atoms. The topological polar surface area (TPSA) is 69.3 Å². The molecule has 7 nitrogen and oxygen atoms in total.